The maximum Gasteiger partial charge on any atom is 0.169 e. The predicted molar refractivity (Wildman–Crippen MR) is 119 cm³/mol. The van der Waals surface area contributed by atoms with Gasteiger partial charge < -0.3 is 19.5 Å². The van der Waals surface area contributed by atoms with Gasteiger partial charge in [0.1, 0.15) is 0 Å². The first-order chi connectivity index (χ1) is 14.1. The highest BCUT2D eigenvalue weighted by molar-refractivity contribution is 8.17. The molecule has 0 unspecified atom stereocenters. The Morgan fingerprint density at radius 3 is 2.66 bits per heavy atom. The molecule has 2 aromatic carbocycles. The molecule has 154 valence electrons. The highest BCUT2D eigenvalue weighted by Gasteiger charge is 2.12. The fraction of sp³-hybridized carbons (Fsp3) is 0.273. The van der Waals surface area contributed by atoms with Crippen LogP contribution in [0.3, 0.4) is 0 Å². The van der Waals surface area contributed by atoms with E-state index in [1.54, 1.807) is 31.4 Å². The summed E-state index contributed by atoms with van der Waals surface area (Å²) in [6.07, 6.45) is 2.53. The van der Waals surface area contributed by atoms with Gasteiger partial charge in [0, 0.05) is 20.7 Å². The van der Waals surface area contributed by atoms with Crippen molar-refractivity contribution >= 4 is 35.0 Å². The second-order valence-corrected chi connectivity index (χ2v) is 7.11. The van der Waals surface area contributed by atoms with Crippen LogP contribution in [-0.4, -0.2) is 55.4 Å². The standard InChI is InChI=1S/C22H26N2O4S/c1-4-28-21-15-17(10-11-20(21)26)14-19(16-25)29-22(24(2)12-13-27-3)23-18-8-6-5-7-9-18/h5-11,14-16,26H,4,12-13H2,1-3H3/b19-14-,23-22-. The van der Waals surface area contributed by atoms with Crippen LogP contribution in [-0.2, 0) is 9.53 Å². The number of aromatic hydroxyl groups is 1. The van der Waals surface area contributed by atoms with Gasteiger partial charge in [0.15, 0.2) is 23.0 Å². The van der Waals surface area contributed by atoms with Crippen LogP contribution in [0.2, 0.25) is 0 Å². The third-order valence-corrected chi connectivity index (χ3v) is 4.89. The summed E-state index contributed by atoms with van der Waals surface area (Å²) in [7, 11) is 3.55. The smallest absolute Gasteiger partial charge is 0.169 e. The number of para-hydroxylation sites is 1. The molecule has 2 aromatic rings. The van der Waals surface area contributed by atoms with E-state index in [1.165, 1.54) is 11.8 Å². The van der Waals surface area contributed by atoms with Crippen LogP contribution < -0.4 is 4.74 Å². The molecule has 0 atom stereocenters. The van der Waals surface area contributed by atoms with Crippen molar-refractivity contribution in [3.8, 4) is 11.5 Å². The molecule has 0 fully saturated rings. The molecule has 0 aliphatic heterocycles. The van der Waals surface area contributed by atoms with Crippen molar-refractivity contribution in [2.75, 3.05) is 33.9 Å². The van der Waals surface area contributed by atoms with Crippen LogP contribution in [0.25, 0.3) is 6.08 Å². The van der Waals surface area contributed by atoms with Gasteiger partial charge in [0.25, 0.3) is 0 Å². The lowest BCUT2D eigenvalue weighted by Crippen LogP contribution is -2.28. The van der Waals surface area contributed by atoms with Crippen LogP contribution in [0.15, 0.2) is 58.4 Å². The molecule has 0 aliphatic rings. The van der Waals surface area contributed by atoms with E-state index in [-0.39, 0.29) is 5.75 Å². The maximum atomic E-state index is 11.7. The molecular formula is C22H26N2O4S. The number of phenolic OH excluding ortho intramolecular Hbond substituents is 1. The zero-order chi connectivity index (χ0) is 21.1. The fourth-order valence-corrected chi connectivity index (χ4v) is 3.22. The summed E-state index contributed by atoms with van der Waals surface area (Å²) in [6.45, 7) is 3.46. The van der Waals surface area contributed by atoms with E-state index < -0.39 is 0 Å². The first-order valence-corrected chi connectivity index (χ1v) is 10.0. The van der Waals surface area contributed by atoms with Crippen molar-refractivity contribution in [1.82, 2.24) is 4.90 Å². The van der Waals surface area contributed by atoms with Gasteiger partial charge in [-0.15, -0.1) is 0 Å². The minimum atomic E-state index is 0.0648. The molecule has 29 heavy (non-hydrogen) atoms. The summed E-state index contributed by atoms with van der Waals surface area (Å²) in [5.74, 6) is 0.446. The molecule has 2 rings (SSSR count). The van der Waals surface area contributed by atoms with Gasteiger partial charge in [-0.05, 0) is 54.6 Å². The van der Waals surface area contributed by atoms with Crippen LogP contribution >= 0.6 is 11.8 Å². The summed E-state index contributed by atoms with van der Waals surface area (Å²) >= 11 is 1.27. The monoisotopic (exact) mass is 414 g/mol. The third-order valence-electron chi connectivity index (χ3n) is 3.86. The molecule has 0 heterocycles. The molecule has 0 aromatic heterocycles. The third kappa shape index (κ3) is 7.29. The number of rotatable bonds is 9. The zero-order valence-corrected chi connectivity index (χ0v) is 17.7. The van der Waals surface area contributed by atoms with Crippen LogP contribution in [0.4, 0.5) is 5.69 Å². The van der Waals surface area contributed by atoms with Gasteiger partial charge in [0.05, 0.1) is 23.8 Å². The Morgan fingerprint density at radius 1 is 1.24 bits per heavy atom. The number of likely N-dealkylation sites (N-methyl/N-ethyl adjacent to an activating group) is 1. The number of nitrogens with zero attached hydrogens (tertiary/aromatic N) is 2. The molecule has 0 aliphatic carbocycles. The van der Waals surface area contributed by atoms with E-state index in [9.17, 15) is 9.90 Å². The van der Waals surface area contributed by atoms with Crippen molar-refractivity contribution in [1.29, 1.82) is 0 Å². The summed E-state index contributed by atoms with van der Waals surface area (Å²) in [5, 5.41) is 10.5. The Bertz CT molecular complexity index is 853. The van der Waals surface area contributed by atoms with Gasteiger partial charge in [-0.3, -0.25) is 4.79 Å². The van der Waals surface area contributed by atoms with Crippen molar-refractivity contribution < 1.29 is 19.4 Å². The topological polar surface area (TPSA) is 71.4 Å². The molecule has 1 N–H and O–H groups in total. The number of phenols is 1. The van der Waals surface area contributed by atoms with Gasteiger partial charge in [0.2, 0.25) is 0 Å². The number of benzene rings is 2. The van der Waals surface area contributed by atoms with Crippen LogP contribution in [0, 0.1) is 0 Å². The molecule has 0 amide bonds. The van der Waals surface area contributed by atoms with E-state index in [2.05, 4.69) is 4.99 Å². The van der Waals surface area contributed by atoms with E-state index in [0.29, 0.717) is 35.6 Å². The Morgan fingerprint density at radius 2 is 2.00 bits per heavy atom. The maximum absolute atomic E-state index is 11.7. The number of methoxy groups -OCH3 is 1. The summed E-state index contributed by atoms with van der Waals surface area (Å²) in [6, 6.07) is 14.5. The molecule has 0 saturated carbocycles. The normalized spacial score (nSPS) is 12.0. The average molecular weight is 415 g/mol. The van der Waals surface area contributed by atoms with Gasteiger partial charge >= 0.3 is 0 Å². The Labute approximate surface area is 175 Å². The Kier molecular flexibility index (Phi) is 9.27. The average Bonchev–Trinajstić information content (AvgIpc) is 2.74. The van der Waals surface area contributed by atoms with E-state index >= 15 is 0 Å². The quantitative estimate of drug-likeness (QED) is 0.285. The highest BCUT2D eigenvalue weighted by atomic mass is 32.2. The molecule has 7 heteroatoms. The molecule has 0 radical (unpaired) electrons. The number of carbonyl (C=O) groups is 1. The number of aliphatic imine (C=N–C) groups is 1. The minimum Gasteiger partial charge on any atom is -0.504 e. The SMILES string of the molecule is CCOc1cc(/C=C(/C=O)S/C(=N\c2ccccc2)N(C)CCOC)ccc1O. The van der Waals surface area contributed by atoms with Gasteiger partial charge in [-0.25, -0.2) is 4.99 Å². The first kappa shape index (κ1) is 22.5. The van der Waals surface area contributed by atoms with Crippen LogP contribution in [0.5, 0.6) is 11.5 Å². The lowest BCUT2D eigenvalue weighted by atomic mass is 10.2. The first-order valence-electron chi connectivity index (χ1n) is 9.21. The second kappa shape index (κ2) is 11.9. The van der Waals surface area contributed by atoms with Crippen molar-refractivity contribution in [3.05, 3.63) is 59.0 Å². The lowest BCUT2D eigenvalue weighted by Gasteiger charge is -2.20. The number of carbonyl (C=O) groups excluding carboxylic acids is 1. The molecule has 0 bridgehead atoms. The summed E-state index contributed by atoms with van der Waals surface area (Å²) < 4.78 is 10.6. The highest BCUT2D eigenvalue weighted by Crippen LogP contribution is 2.29. The summed E-state index contributed by atoms with van der Waals surface area (Å²) in [5.41, 5.74) is 1.55. The summed E-state index contributed by atoms with van der Waals surface area (Å²) in [4.78, 5) is 18.9. The largest absolute Gasteiger partial charge is 0.504 e. The molecule has 0 spiro atoms. The fourth-order valence-electron chi connectivity index (χ4n) is 2.37. The van der Waals surface area contributed by atoms with E-state index in [4.69, 9.17) is 9.47 Å². The van der Waals surface area contributed by atoms with Crippen LogP contribution in [0.1, 0.15) is 12.5 Å². The number of amidine groups is 1. The van der Waals surface area contributed by atoms with E-state index in [1.807, 2.05) is 49.2 Å². The molecular weight excluding hydrogens is 388 g/mol. The second-order valence-electron chi connectivity index (χ2n) is 6.07. The number of ether oxygens (including phenoxy) is 2. The molecule has 6 nitrogen and oxygen atoms in total. The number of hydrogen-bond donors (Lipinski definition) is 1. The molecule has 0 saturated heterocycles. The van der Waals surface area contributed by atoms with Crippen molar-refractivity contribution in [3.63, 3.8) is 0 Å². The number of thioether (sulfide) groups is 1. The van der Waals surface area contributed by atoms with Crippen molar-refractivity contribution in [2.45, 2.75) is 6.92 Å². The number of hydrogen-bond acceptors (Lipinski definition) is 6. The Hall–Kier alpha value is -2.77. The Balaban J connectivity index is 2.31. The van der Waals surface area contributed by atoms with E-state index in [0.717, 1.165) is 17.5 Å². The number of allylic oxidation sites excluding steroid dienone is 1. The van der Waals surface area contributed by atoms with Gasteiger partial charge in [-0.1, -0.05) is 24.3 Å². The lowest BCUT2D eigenvalue weighted by molar-refractivity contribution is -0.104. The number of aldehydes is 1. The van der Waals surface area contributed by atoms with Crippen molar-refractivity contribution in [2.24, 2.45) is 4.99 Å². The zero-order valence-electron chi connectivity index (χ0n) is 16.9. The van der Waals surface area contributed by atoms with Gasteiger partial charge in [-0.2, -0.15) is 0 Å². The predicted octanol–water partition coefficient (Wildman–Crippen LogP) is 4.33. The minimum absolute atomic E-state index is 0.0648.